The van der Waals surface area contributed by atoms with Crippen LogP contribution in [0.3, 0.4) is 0 Å². The molecular weight excluding hydrogens is 314 g/mol. The highest BCUT2D eigenvalue weighted by Gasteiger charge is 2.23. The lowest BCUT2D eigenvalue weighted by Gasteiger charge is -2.23. The summed E-state index contributed by atoms with van der Waals surface area (Å²) >= 11 is 0. The first-order valence-corrected chi connectivity index (χ1v) is 9.70. The van der Waals surface area contributed by atoms with Gasteiger partial charge in [0.05, 0.1) is 0 Å². The molecule has 1 aromatic heterocycles. The topological polar surface area (TPSA) is 78.0 Å². The van der Waals surface area contributed by atoms with E-state index in [4.69, 9.17) is 4.98 Å². The summed E-state index contributed by atoms with van der Waals surface area (Å²) in [5.74, 6) is 1.66. The molecule has 5 nitrogen and oxygen atoms in total. The maximum Gasteiger partial charge on any atom is 0.165 e. The third kappa shape index (κ3) is 3.43. The molecule has 2 aromatic rings. The summed E-state index contributed by atoms with van der Waals surface area (Å²) in [7, 11) is 0. The highest BCUT2D eigenvalue weighted by Crippen LogP contribution is 2.35. The van der Waals surface area contributed by atoms with E-state index in [1.165, 1.54) is 25.7 Å². The van der Waals surface area contributed by atoms with Crippen molar-refractivity contribution in [2.24, 2.45) is 0 Å². The number of ketones is 1. The van der Waals surface area contributed by atoms with Crippen molar-refractivity contribution in [1.29, 1.82) is 0 Å². The second kappa shape index (κ2) is 7.16. The molecule has 0 spiro atoms. The Hall–Kier alpha value is -1.88. The number of carbonyl (C=O) groups is 1. The number of aromatic hydroxyl groups is 1. The molecule has 3 N–H and O–H groups in total. The third-order valence-electron chi connectivity index (χ3n) is 5.82. The van der Waals surface area contributed by atoms with Crippen molar-refractivity contribution in [2.45, 2.75) is 69.7 Å². The molecule has 2 heterocycles. The number of imidazole rings is 1. The molecular formula is C20H27N3O2. The average Bonchev–Trinajstić information content (AvgIpc) is 3.30. The van der Waals surface area contributed by atoms with Crippen molar-refractivity contribution < 1.29 is 9.90 Å². The summed E-state index contributed by atoms with van der Waals surface area (Å²) in [6.45, 7) is 1.06. The van der Waals surface area contributed by atoms with Crippen LogP contribution < -0.4 is 5.32 Å². The molecule has 25 heavy (non-hydrogen) atoms. The zero-order chi connectivity index (χ0) is 17.2. The number of aromatic amines is 1. The number of H-pyrrole nitrogens is 1. The fourth-order valence-electron chi connectivity index (χ4n) is 4.32. The van der Waals surface area contributed by atoms with Crippen LogP contribution in [0.1, 0.15) is 79.9 Å². The highest BCUT2D eigenvalue weighted by molar-refractivity contribution is 6.07. The van der Waals surface area contributed by atoms with Crippen molar-refractivity contribution >= 4 is 16.8 Å². The molecule has 1 saturated carbocycles. The van der Waals surface area contributed by atoms with E-state index in [-0.39, 0.29) is 11.5 Å². The largest absolute Gasteiger partial charge is 0.506 e. The normalized spacial score (nSPS) is 21.8. The lowest BCUT2D eigenvalue weighted by atomic mass is 9.97. The van der Waals surface area contributed by atoms with Crippen LogP contribution in [0.15, 0.2) is 12.1 Å². The van der Waals surface area contributed by atoms with Crippen LogP contribution in [-0.4, -0.2) is 33.4 Å². The molecule has 1 aromatic carbocycles. The standard InChI is InChI=1S/C20H27N3O2/c24-16(10-8-14-7-3-4-12-21-14)15-9-11-17(25)19-18(15)22-20(23-19)13-5-1-2-6-13/h9,11,13-14,21,25H,1-8,10,12H2,(H,22,23). The number of piperidine rings is 1. The van der Waals surface area contributed by atoms with Crippen molar-refractivity contribution in [3.8, 4) is 5.75 Å². The first-order valence-electron chi connectivity index (χ1n) is 9.70. The molecule has 0 radical (unpaired) electrons. The Morgan fingerprint density at radius 2 is 1.96 bits per heavy atom. The number of fused-ring (bicyclic) bond motifs is 1. The molecule has 0 bridgehead atoms. The number of Topliss-reactive ketones (excluding diaryl/α,β-unsaturated/α-hetero) is 1. The van der Waals surface area contributed by atoms with Gasteiger partial charge in [-0.1, -0.05) is 19.3 Å². The van der Waals surface area contributed by atoms with Gasteiger partial charge in [-0.2, -0.15) is 0 Å². The number of nitrogens with one attached hydrogen (secondary N) is 2. The van der Waals surface area contributed by atoms with E-state index < -0.39 is 0 Å². The number of carbonyl (C=O) groups excluding carboxylic acids is 1. The van der Waals surface area contributed by atoms with E-state index in [0.29, 0.717) is 35.0 Å². The average molecular weight is 341 g/mol. The van der Waals surface area contributed by atoms with Gasteiger partial charge in [-0.25, -0.2) is 4.98 Å². The van der Waals surface area contributed by atoms with Crippen LogP contribution in [0.2, 0.25) is 0 Å². The van der Waals surface area contributed by atoms with Gasteiger partial charge >= 0.3 is 0 Å². The SMILES string of the molecule is O=C(CCC1CCCCN1)c1ccc(O)c2[nH]c(C3CCCC3)nc12. The third-order valence-corrected chi connectivity index (χ3v) is 5.82. The van der Waals surface area contributed by atoms with Crippen molar-refractivity contribution in [1.82, 2.24) is 15.3 Å². The number of hydrogen-bond acceptors (Lipinski definition) is 4. The number of phenolic OH excluding ortho intramolecular Hbond substituents is 1. The van der Waals surface area contributed by atoms with Gasteiger partial charge in [-0.05, 0) is 50.8 Å². The van der Waals surface area contributed by atoms with E-state index in [1.807, 2.05) is 0 Å². The van der Waals surface area contributed by atoms with Gasteiger partial charge < -0.3 is 15.4 Å². The minimum Gasteiger partial charge on any atom is -0.506 e. The van der Waals surface area contributed by atoms with Crippen LogP contribution in [0.5, 0.6) is 5.75 Å². The minimum absolute atomic E-state index is 0.127. The number of benzene rings is 1. The van der Waals surface area contributed by atoms with Gasteiger partial charge in [0.2, 0.25) is 0 Å². The van der Waals surface area contributed by atoms with Crippen LogP contribution in [0.25, 0.3) is 11.0 Å². The smallest absolute Gasteiger partial charge is 0.165 e. The zero-order valence-corrected chi connectivity index (χ0v) is 14.7. The summed E-state index contributed by atoms with van der Waals surface area (Å²) in [5, 5.41) is 13.7. The molecule has 2 aliphatic rings. The summed E-state index contributed by atoms with van der Waals surface area (Å²) in [6.07, 6.45) is 9.78. The van der Waals surface area contributed by atoms with E-state index >= 15 is 0 Å². The predicted octanol–water partition coefficient (Wildman–Crippen LogP) is 4.03. The fourth-order valence-corrected chi connectivity index (χ4v) is 4.32. The predicted molar refractivity (Wildman–Crippen MR) is 98.2 cm³/mol. The van der Waals surface area contributed by atoms with Crippen LogP contribution >= 0.6 is 0 Å². The zero-order valence-electron chi connectivity index (χ0n) is 14.7. The number of nitrogens with zero attached hydrogens (tertiary/aromatic N) is 1. The van der Waals surface area contributed by atoms with Gasteiger partial charge in [0, 0.05) is 23.9 Å². The van der Waals surface area contributed by atoms with Crippen molar-refractivity contribution in [2.75, 3.05) is 6.54 Å². The van der Waals surface area contributed by atoms with Crippen molar-refractivity contribution in [3.63, 3.8) is 0 Å². The molecule has 1 unspecified atom stereocenters. The maximum absolute atomic E-state index is 12.8. The molecule has 1 atom stereocenters. The molecule has 1 aliphatic heterocycles. The Balaban J connectivity index is 1.55. The van der Waals surface area contributed by atoms with Crippen LogP contribution in [0, 0.1) is 0 Å². The van der Waals surface area contributed by atoms with Crippen LogP contribution in [0.4, 0.5) is 0 Å². The first kappa shape index (κ1) is 16.6. The van der Waals surface area contributed by atoms with Gasteiger partial charge in [0.1, 0.15) is 22.6 Å². The number of phenols is 1. The first-order chi connectivity index (χ1) is 12.2. The Bertz CT molecular complexity index is 756. The van der Waals surface area contributed by atoms with Crippen molar-refractivity contribution in [3.05, 3.63) is 23.5 Å². The lowest BCUT2D eigenvalue weighted by Crippen LogP contribution is -2.34. The maximum atomic E-state index is 12.8. The molecule has 2 fully saturated rings. The van der Waals surface area contributed by atoms with Gasteiger partial charge in [-0.3, -0.25) is 4.79 Å². The summed E-state index contributed by atoms with van der Waals surface area (Å²) in [6, 6.07) is 3.80. The second-order valence-electron chi connectivity index (χ2n) is 7.57. The van der Waals surface area contributed by atoms with E-state index in [1.54, 1.807) is 12.1 Å². The van der Waals surface area contributed by atoms with Gasteiger partial charge in [0.25, 0.3) is 0 Å². The molecule has 0 amide bonds. The Morgan fingerprint density at radius 1 is 1.16 bits per heavy atom. The molecule has 1 saturated heterocycles. The number of rotatable bonds is 5. The molecule has 1 aliphatic carbocycles. The number of aromatic nitrogens is 2. The fraction of sp³-hybridized carbons (Fsp3) is 0.600. The molecule has 5 heteroatoms. The second-order valence-corrected chi connectivity index (χ2v) is 7.57. The number of hydrogen-bond donors (Lipinski definition) is 3. The quantitative estimate of drug-likeness (QED) is 0.718. The van der Waals surface area contributed by atoms with E-state index in [9.17, 15) is 9.90 Å². The Morgan fingerprint density at radius 3 is 2.72 bits per heavy atom. The lowest BCUT2D eigenvalue weighted by molar-refractivity contribution is 0.0975. The summed E-state index contributed by atoms with van der Waals surface area (Å²) in [5.41, 5.74) is 1.90. The minimum atomic E-state index is 0.127. The summed E-state index contributed by atoms with van der Waals surface area (Å²) < 4.78 is 0. The summed E-state index contributed by atoms with van der Waals surface area (Å²) in [4.78, 5) is 20.8. The molecule has 4 rings (SSSR count). The van der Waals surface area contributed by atoms with Gasteiger partial charge in [0.15, 0.2) is 5.78 Å². The monoisotopic (exact) mass is 341 g/mol. The van der Waals surface area contributed by atoms with Crippen LogP contribution in [-0.2, 0) is 0 Å². The van der Waals surface area contributed by atoms with Gasteiger partial charge in [-0.15, -0.1) is 0 Å². The highest BCUT2D eigenvalue weighted by atomic mass is 16.3. The Labute approximate surface area is 148 Å². The molecule has 134 valence electrons. The Kier molecular flexibility index (Phi) is 4.75. The van der Waals surface area contributed by atoms with E-state index in [2.05, 4.69) is 10.3 Å². The van der Waals surface area contributed by atoms with E-state index in [0.717, 1.165) is 38.1 Å².